The zero-order valence-electron chi connectivity index (χ0n) is 14.7. The van der Waals surface area contributed by atoms with Crippen LogP contribution >= 0.6 is 24.8 Å². The SMILES string of the molecule is CCN1CCN(CC(O)COc2ccc(C(=O)OC)cc2)CC1.Cl.Cl. The molecule has 0 aliphatic carbocycles. The van der Waals surface area contributed by atoms with Crippen LogP contribution in [-0.4, -0.2) is 80.0 Å². The molecule has 1 unspecified atom stereocenters. The van der Waals surface area contributed by atoms with Crippen molar-refractivity contribution in [2.75, 3.05) is 53.0 Å². The lowest BCUT2D eigenvalue weighted by Gasteiger charge is -2.34. The quantitative estimate of drug-likeness (QED) is 0.710. The standard InChI is InChI=1S/C17H26N2O4.2ClH/c1-3-18-8-10-19(11-9-18)12-15(20)13-23-16-6-4-14(5-7-16)17(21)22-2;;/h4-7,15,20H,3,8-13H2,1-2H3;2*1H. The lowest BCUT2D eigenvalue weighted by Crippen LogP contribution is -2.49. The number of hydrogen-bond acceptors (Lipinski definition) is 6. The van der Waals surface area contributed by atoms with Crippen molar-refractivity contribution in [3.8, 4) is 5.75 Å². The van der Waals surface area contributed by atoms with Crippen molar-refractivity contribution < 1.29 is 19.4 Å². The van der Waals surface area contributed by atoms with E-state index >= 15 is 0 Å². The summed E-state index contributed by atoms with van der Waals surface area (Å²) in [6, 6.07) is 6.72. The molecule has 1 heterocycles. The number of nitrogens with zero attached hydrogens (tertiary/aromatic N) is 2. The van der Waals surface area contributed by atoms with E-state index < -0.39 is 6.10 Å². The van der Waals surface area contributed by atoms with Crippen molar-refractivity contribution in [2.45, 2.75) is 13.0 Å². The van der Waals surface area contributed by atoms with E-state index in [-0.39, 0.29) is 37.4 Å². The van der Waals surface area contributed by atoms with Gasteiger partial charge in [-0.2, -0.15) is 0 Å². The maximum atomic E-state index is 11.3. The monoisotopic (exact) mass is 394 g/mol. The van der Waals surface area contributed by atoms with Crippen LogP contribution in [-0.2, 0) is 4.74 Å². The number of halogens is 2. The number of esters is 1. The van der Waals surface area contributed by atoms with Crippen molar-refractivity contribution in [1.82, 2.24) is 9.80 Å². The molecule has 1 saturated heterocycles. The van der Waals surface area contributed by atoms with Crippen LogP contribution in [0.2, 0.25) is 0 Å². The van der Waals surface area contributed by atoms with Gasteiger partial charge in [0.2, 0.25) is 0 Å². The van der Waals surface area contributed by atoms with E-state index in [0.717, 1.165) is 32.7 Å². The molecule has 0 bridgehead atoms. The van der Waals surface area contributed by atoms with E-state index in [1.807, 2.05) is 0 Å². The fraction of sp³-hybridized carbons (Fsp3) is 0.588. The second-order valence-corrected chi connectivity index (χ2v) is 5.72. The largest absolute Gasteiger partial charge is 0.491 e. The van der Waals surface area contributed by atoms with E-state index in [9.17, 15) is 9.90 Å². The minimum Gasteiger partial charge on any atom is -0.491 e. The molecule has 1 aromatic carbocycles. The van der Waals surface area contributed by atoms with E-state index in [4.69, 9.17) is 4.74 Å². The van der Waals surface area contributed by atoms with E-state index in [2.05, 4.69) is 21.5 Å². The van der Waals surface area contributed by atoms with Gasteiger partial charge in [-0.05, 0) is 30.8 Å². The Bertz CT molecular complexity index is 494. The summed E-state index contributed by atoms with van der Waals surface area (Å²) in [6.07, 6.45) is -0.525. The minimum atomic E-state index is -0.525. The Morgan fingerprint density at radius 1 is 1.12 bits per heavy atom. The smallest absolute Gasteiger partial charge is 0.337 e. The highest BCUT2D eigenvalue weighted by Crippen LogP contribution is 2.13. The zero-order chi connectivity index (χ0) is 16.7. The summed E-state index contributed by atoms with van der Waals surface area (Å²) in [6.45, 7) is 8.20. The van der Waals surface area contributed by atoms with Crippen LogP contribution in [0.4, 0.5) is 0 Å². The third-order valence-corrected chi connectivity index (χ3v) is 4.10. The summed E-state index contributed by atoms with van der Waals surface area (Å²) in [7, 11) is 1.35. The molecule has 0 amide bonds. The molecule has 1 aromatic rings. The molecule has 1 aliphatic heterocycles. The van der Waals surface area contributed by atoms with Gasteiger partial charge in [-0.3, -0.25) is 4.90 Å². The molecule has 0 saturated carbocycles. The number of rotatable bonds is 7. The summed E-state index contributed by atoms with van der Waals surface area (Å²) in [5.74, 6) is 0.260. The van der Waals surface area contributed by atoms with Gasteiger partial charge in [0, 0.05) is 32.7 Å². The number of benzene rings is 1. The van der Waals surface area contributed by atoms with Crippen LogP contribution in [0.3, 0.4) is 0 Å². The topological polar surface area (TPSA) is 62.2 Å². The van der Waals surface area contributed by atoms with Crippen molar-refractivity contribution in [2.24, 2.45) is 0 Å². The van der Waals surface area contributed by atoms with Gasteiger partial charge in [0.25, 0.3) is 0 Å². The molecule has 1 fully saturated rings. The third-order valence-electron chi connectivity index (χ3n) is 4.10. The molecule has 6 nitrogen and oxygen atoms in total. The molecule has 1 N–H and O–H groups in total. The highest BCUT2D eigenvalue weighted by atomic mass is 35.5. The van der Waals surface area contributed by atoms with E-state index in [1.165, 1.54) is 7.11 Å². The second-order valence-electron chi connectivity index (χ2n) is 5.72. The van der Waals surface area contributed by atoms with Crippen molar-refractivity contribution >= 4 is 30.8 Å². The Hall–Kier alpha value is -1.05. The Morgan fingerprint density at radius 3 is 2.20 bits per heavy atom. The van der Waals surface area contributed by atoms with Crippen molar-refractivity contribution in [1.29, 1.82) is 0 Å². The van der Waals surface area contributed by atoms with Crippen LogP contribution in [0.5, 0.6) is 5.75 Å². The molecule has 0 aromatic heterocycles. The number of carbonyl (C=O) groups excluding carboxylic acids is 1. The van der Waals surface area contributed by atoms with Gasteiger partial charge in [-0.15, -0.1) is 24.8 Å². The summed E-state index contributed by atoms with van der Waals surface area (Å²) in [5, 5.41) is 10.1. The van der Waals surface area contributed by atoms with Gasteiger partial charge in [0.05, 0.1) is 12.7 Å². The molecule has 2 rings (SSSR count). The molecule has 0 radical (unpaired) electrons. The van der Waals surface area contributed by atoms with Crippen LogP contribution in [0.15, 0.2) is 24.3 Å². The molecule has 25 heavy (non-hydrogen) atoms. The van der Waals surface area contributed by atoms with Gasteiger partial charge in [0.15, 0.2) is 0 Å². The van der Waals surface area contributed by atoms with Crippen molar-refractivity contribution in [3.63, 3.8) is 0 Å². The second kappa shape index (κ2) is 12.3. The number of ether oxygens (including phenoxy) is 2. The Balaban J connectivity index is 0.00000288. The average molecular weight is 395 g/mol. The fourth-order valence-electron chi connectivity index (χ4n) is 2.64. The number of methoxy groups -OCH3 is 1. The number of piperazine rings is 1. The summed E-state index contributed by atoms with van der Waals surface area (Å²) >= 11 is 0. The van der Waals surface area contributed by atoms with Gasteiger partial charge in [-0.25, -0.2) is 4.79 Å². The number of aliphatic hydroxyl groups excluding tert-OH is 1. The lowest BCUT2D eigenvalue weighted by molar-refractivity contribution is 0.0470. The maximum Gasteiger partial charge on any atom is 0.337 e. The molecule has 1 atom stereocenters. The number of likely N-dealkylation sites (N-methyl/N-ethyl adjacent to an activating group) is 1. The molecule has 1 aliphatic rings. The van der Waals surface area contributed by atoms with Crippen LogP contribution in [0.25, 0.3) is 0 Å². The normalized spacial score (nSPS) is 16.3. The first-order valence-electron chi connectivity index (χ1n) is 8.06. The number of carbonyl (C=O) groups is 1. The highest BCUT2D eigenvalue weighted by molar-refractivity contribution is 5.89. The van der Waals surface area contributed by atoms with Crippen molar-refractivity contribution in [3.05, 3.63) is 29.8 Å². The number of hydrogen-bond donors (Lipinski definition) is 1. The van der Waals surface area contributed by atoms with Crippen LogP contribution in [0, 0.1) is 0 Å². The summed E-state index contributed by atoms with van der Waals surface area (Å²) in [5.41, 5.74) is 0.481. The molecule has 8 heteroatoms. The van der Waals surface area contributed by atoms with Gasteiger partial charge in [0.1, 0.15) is 18.5 Å². The first-order chi connectivity index (χ1) is 11.1. The molecular formula is C17H28Cl2N2O4. The maximum absolute atomic E-state index is 11.3. The summed E-state index contributed by atoms with van der Waals surface area (Å²) < 4.78 is 10.2. The minimum absolute atomic E-state index is 0. The van der Waals surface area contributed by atoms with Crippen LogP contribution in [0.1, 0.15) is 17.3 Å². The first-order valence-corrected chi connectivity index (χ1v) is 8.06. The lowest BCUT2D eigenvalue weighted by atomic mass is 10.2. The average Bonchev–Trinajstić information content (AvgIpc) is 2.60. The molecular weight excluding hydrogens is 367 g/mol. The Kier molecular flexibility index (Phi) is 11.8. The zero-order valence-corrected chi connectivity index (χ0v) is 16.4. The number of aliphatic hydroxyl groups is 1. The third kappa shape index (κ3) is 7.79. The molecule has 144 valence electrons. The van der Waals surface area contributed by atoms with Crippen LogP contribution < -0.4 is 4.74 Å². The summed E-state index contributed by atoms with van der Waals surface area (Å²) in [4.78, 5) is 16.0. The fourth-order valence-corrected chi connectivity index (χ4v) is 2.64. The Labute approximate surface area is 161 Å². The predicted molar refractivity (Wildman–Crippen MR) is 102 cm³/mol. The van der Waals surface area contributed by atoms with E-state index in [0.29, 0.717) is 17.9 Å². The van der Waals surface area contributed by atoms with E-state index in [1.54, 1.807) is 24.3 Å². The highest BCUT2D eigenvalue weighted by Gasteiger charge is 2.18. The predicted octanol–water partition coefficient (Wildman–Crippen LogP) is 1.69. The number of β-amino-alcohol motifs (C(OH)–C–C–N with tert-alkyl or cyclic N) is 1. The Morgan fingerprint density at radius 2 is 1.68 bits per heavy atom. The van der Waals surface area contributed by atoms with Gasteiger partial charge in [-0.1, -0.05) is 6.92 Å². The molecule has 0 spiro atoms. The first kappa shape index (κ1) is 23.9. The van der Waals surface area contributed by atoms with Gasteiger partial charge < -0.3 is 19.5 Å². The van der Waals surface area contributed by atoms with Gasteiger partial charge >= 0.3 is 5.97 Å².